The summed E-state index contributed by atoms with van der Waals surface area (Å²) in [6, 6.07) is 8.49. The molecule has 0 fully saturated rings. The molecule has 90 valence electrons. The van der Waals surface area contributed by atoms with Gasteiger partial charge in [-0.25, -0.2) is 0 Å². The monoisotopic (exact) mass is 221 g/mol. The Morgan fingerprint density at radius 2 is 1.69 bits per heavy atom. The molecule has 2 N–H and O–H groups in total. The smallest absolute Gasteiger partial charge is 0.119 e. The topological polar surface area (TPSA) is 35.2 Å². The molecular formula is C14H23NO. The van der Waals surface area contributed by atoms with Crippen molar-refractivity contribution in [1.82, 2.24) is 0 Å². The molecule has 0 aliphatic rings. The molecule has 1 atom stereocenters. The van der Waals surface area contributed by atoms with Crippen LogP contribution in [0.25, 0.3) is 0 Å². The van der Waals surface area contributed by atoms with Crippen LogP contribution in [0.5, 0.6) is 5.75 Å². The highest BCUT2D eigenvalue weighted by atomic mass is 16.5. The maximum atomic E-state index is 5.84. The zero-order valence-corrected chi connectivity index (χ0v) is 10.6. The Balaban J connectivity index is 2.57. The van der Waals surface area contributed by atoms with Crippen LogP contribution in [0.4, 0.5) is 0 Å². The first-order valence-electron chi connectivity index (χ1n) is 6.16. The maximum absolute atomic E-state index is 5.84. The number of hydrogen-bond acceptors (Lipinski definition) is 2. The van der Waals surface area contributed by atoms with Crippen LogP contribution >= 0.6 is 0 Å². The van der Waals surface area contributed by atoms with E-state index in [0.29, 0.717) is 6.10 Å². The van der Waals surface area contributed by atoms with E-state index in [-0.39, 0.29) is 6.04 Å². The van der Waals surface area contributed by atoms with Gasteiger partial charge in [0.05, 0.1) is 6.10 Å². The van der Waals surface area contributed by atoms with Gasteiger partial charge < -0.3 is 10.5 Å². The molecular weight excluding hydrogens is 198 g/mol. The molecule has 2 heteroatoms. The molecule has 0 bridgehead atoms. The second-order valence-electron chi connectivity index (χ2n) is 4.38. The Morgan fingerprint density at radius 3 is 2.12 bits per heavy atom. The summed E-state index contributed by atoms with van der Waals surface area (Å²) >= 11 is 0. The van der Waals surface area contributed by atoms with E-state index in [1.54, 1.807) is 0 Å². The van der Waals surface area contributed by atoms with E-state index in [4.69, 9.17) is 10.5 Å². The molecule has 1 unspecified atom stereocenters. The third-order valence-corrected chi connectivity index (χ3v) is 2.69. The molecule has 0 aliphatic heterocycles. The van der Waals surface area contributed by atoms with Gasteiger partial charge in [0.1, 0.15) is 5.75 Å². The van der Waals surface area contributed by atoms with Crippen LogP contribution in [0.15, 0.2) is 24.3 Å². The lowest BCUT2D eigenvalue weighted by atomic mass is 10.1. The minimum Gasteiger partial charge on any atom is -0.490 e. The summed E-state index contributed by atoms with van der Waals surface area (Å²) < 4.78 is 5.84. The quantitative estimate of drug-likeness (QED) is 0.801. The molecule has 0 radical (unpaired) electrons. The fourth-order valence-electron chi connectivity index (χ4n) is 1.72. The summed E-state index contributed by atoms with van der Waals surface area (Å²) in [7, 11) is 0. The predicted molar refractivity (Wildman–Crippen MR) is 68.8 cm³/mol. The summed E-state index contributed by atoms with van der Waals surface area (Å²) in [5.74, 6) is 0.960. The molecule has 0 heterocycles. The van der Waals surface area contributed by atoms with Crippen molar-refractivity contribution in [2.45, 2.75) is 52.2 Å². The maximum Gasteiger partial charge on any atom is 0.119 e. The van der Waals surface area contributed by atoms with Crippen LogP contribution in [0.2, 0.25) is 0 Å². The predicted octanol–water partition coefficient (Wildman–Crippen LogP) is 3.14. The number of hydrogen-bond donors (Lipinski definition) is 1. The fourth-order valence-corrected chi connectivity index (χ4v) is 1.72. The third kappa shape index (κ3) is 4.23. The van der Waals surface area contributed by atoms with Crippen LogP contribution in [0.3, 0.4) is 0 Å². The van der Waals surface area contributed by atoms with Crippen molar-refractivity contribution in [2.24, 2.45) is 5.73 Å². The molecule has 0 saturated heterocycles. The van der Waals surface area contributed by atoms with Crippen molar-refractivity contribution < 1.29 is 4.74 Å². The standard InChI is InChI=1S/C14H23NO/c1-4-13(5-2)16-14-8-6-12(7-9-14)10-11(3)15/h6-9,11,13H,4-5,10,15H2,1-3H3. The van der Waals surface area contributed by atoms with Gasteiger partial charge in [0.2, 0.25) is 0 Å². The molecule has 0 saturated carbocycles. The molecule has 0 aromatic heterocycles. The Bertz CT molecular complexity index is 288. The van der Waals surface area contributed by atoms with Crippen LogP contribution < -0.4 is 10.5 Å². The van der Waals surface area contributed by atoms with Crippen molar-refractivity contribution in [3.63, 3.8) is 0 Å². The molecule has 16 heavy (non-hydrogen) atoms. The Morgan fingerprint density at radius 1 is 1.12 bits per heavy atom. The van der Waals surface area contributed by atoms with Gasteiger partial charge in [-0.15, -0.1) is 0 Å². The number of ether oxygens (including phenoxy) is 1. The van der Waals surface area contributed by atoms with Crippen molar-refractivity contribution in [1.29, 1.82) is 0 Å². The highest BCUT2D eigenvalue weighted by molar-refractivity contribution is 5.27. The van der Waals surface area contributed by atoms with Gasteiger partial charge in [-0.05, 0) is 43.9 Å². The summed E-state index contributed by atoms with van der Waals surface area (Å²) in [6.07, 6.45) is 3.36. The van der Waals surface area contributed by atoms with Crippen molar-refractivity contribution in [3.8, 4) is 5.75 Å². The SMILES string of the molecule is CCC(CC)Oc1ccc(CC(C)N)cc1. The zero-order chi connectivity index (χ0) is 12.0. The van der Waals surface area contributed by atoms with Gasteiger partial charge in [-0.3, -0.25) is 0 Å². The van der Waals surface area contributed by atoms with Crippen molar-refractivity contribution in [3.05, 3.63) is 29.8 Å². The van der Waals surface area contributed by atoms with E-state index in [0.717, 1.165) is 25.0 Å². The summed E-state index contributed by atoms with van der Waals surface area (Å²) in [4.78, 5) is 0. The highest BCUT2D eigenvalue weighted by Gasteiger charge is 2.05. The Labute approximate surface area is 98.8 Å². The summed E-state index contributed by atoms with van der Waals surface area (Å²) in [5, 5.41) is 0. The second-order valence-corrected chi connectivity index (χ2v) is 4.38. The van der Waals surface area contributed by atoms with Gasteiger partial charge >= 0.3 is 0 Å². The second kappa shape index (κ2) is 6.54. The first kappa shape index (κ1) is 13.0. The van der Waals surface area contributed by atoms with Gasteiger partial charge in [0.15, 0.2) is 0 Å². The number of nitrogens with two attached hydrogens (primary N) is 1. The third-order valence-electron chi connectivity index (χ3n) is 2.69. The minimum atomic E-state index is 0.214. The average Bonchev–Trinajstić information content (AvgIpc) is 2.27. The van der Waals surface area contributed by atoms with Gasteiger partial charge in [-0.2, -0.15) is 0 Å². The lowest BCUT2D eigenvalue weighted by Gasteiger charge is -2.16. The largest absolute Gasteiger partial charge is 0.490 e. The van der Waals surface area contributed by atoms with E-state index in [9.17, 15) is 0 Å². The van der Waals surface area contributed by atoms with Gasteiger partial charge in [0, 0.05) is 6.04 Å². The van der Waals surface area contributed by atoms with Crippen molar-refractivity contribution in [2.75, 3.05) is 0 Å². The average molecular weight is 221 g/mol. The van der Waals surface area contributed by atoms with E-state index in [2.05, 4.69) is 26.0 Å². The van der Waals surface area contributed by atoms with Crippen LogP contribution in [0.1, 0.15) is 39.2 Å². The molecule has 0 aliphatic carbocycles. The van der Waals surface area contributed by atoms with Crippen molar-refractivity contribution >= 4 is 0 Å². The van der Waals surface area contributed by atoms with E-state index in [1.165, 1.54) is 5.56 Å². The highest BCUT2D eigenvalue weighted by Crippen LogP contribution is 2.16. The molecule has 0 amide bonds. The first-order chi connectivity index (χ1) is 7.65. The van der Waals surface area contributed by atoms with Crippen LogP contribution in [0, 0.1) is 0 Å². The molecule has 2 nitrogen and oxygen atoms in total. The minimum absolute atomic E-state index is 0.214. The zero-order valence-electron chi connectivity index (χ0n) is 10.6. The number of benzene rings is 1. The van der Waals surface area contributed by atoms with Gasteiger partial charge in [0.25, 0.3) is 0 Å². The van der Waals surface area contributed by atoms with E-state index >= 15 is 0 Å². The van der Waals surface area contributed by atoms with E-state index < -0.39 is 0 Å². The van der Waals surface area contributed by atoms with E-state index in [1.807, 2.05) is 19.1 Å². The number of rotatable bonds is 6. The lowest BCUT2D eigenvalue weighted by molar-refractivity contribution is 0.193. The van der Waals surface area contributed by atoms with Gasteiger partial charge in [-0.1, -0.05) is 26.0 Å². The lowest BCUT2D eigenvalue weighted by Crippen LogP contribution is -2.17. The Hall–Kier alpha value is -1.02. The Kier molecular flexibility index (Phi) is 5.33. The van der Waals surface area contributed by atoms with Crippen LogP contribution in [-0.2, 0) is 6.42 Å². The van der Waals surface area contributed by atoms with Crippen LogP contribution in [-0.4, -0.2) is 12.1 Å². The summed E-state index contributed by atoms with van der Waals surface area (Å²) in [5.41, 5.74) is 7.03. The molecule has 1 aromatic rings. The first-order valence-corrected chi connectivity index (χ1v) is 6.16. The fraction of sp³-hybridized carbons (Fsp3) is 0.571. The molecule has 1 aromatic carbocycles. The summed E-state index contributed by atoms with van der Waals surface area (Å²) in [6.45, 7) is 6.33. The normalized spacial score (nSPS) is 12.8. The molecule has 0 spiro atoms. The molecule has 1 rings (SSSR count).